The third-order valence-corrected chi connectivity index (χ3v) is 6.29. The smallest absolute Gasteiger partial charge is 0.253 e. The van der Waals surface area contributed by atoms with Gasteiger partial charge in [0.15, 0.2) is 0 Å². The van der Waals surface area contributed by atoms with Gasteiger partial charge in [-0.3, -0.25) is 9.69 Å². The van der Waals surface area contributed by atoms with Crippen LogP contribution in [-0.2, 0) is 6.54 Å². The number of rotatable bonds is 6. The zero-order valence-corrected chi connectivity index (χ0v) is 19.1. The fourth-order valence-corrected chi connectivity index (χ4v) is 4.41. The predicted molar refractivity (Wildman–Crippen MR) is 123 cm³/mol. The molecule has 162 valence electrons. The molecule has 0 N–H and O–H groups in total. The van der Waals surface area contributed by atoms with Crippen molar-refractivity contribution in [1.82, 2.24) is 19.9 Å². The van der Waals surface area contributed by atoms with Crippen LogP contribution in [0.4, 0.5) is 0 Å². The molecule has 6 nitrogen and oxygen atoms in total. The Morgan fingerprint density at radius 1 is 1.03 bits per heavy atom. The summed E-state index contributed by atoms with van der Waals surface area (Å²) in [4.78, 5) is 22.7. The van der Waals surface area contributed by atoms with Crippen molar-refractivity contribution in [2.75, 3.05) is 26.2 Å². The standard InChI is InChI=1S/C24H28N4O2S/c1-17(2)31-21-10-8-20(9-11-21)24(29)28-14-12-27(13-15-28)16-22-25-23(26-30-22)19-6-4-18(3)5-7-19/h4-11,17H,12-16H2,1-3H3. The minimum absolute atomic E-state index is 0.0974. The lowest BCUT2D eigenvalue weighted by molar-refractivity contribution is 0.0615. The van der Waals surface area contributed by atoms with Gasteiger partial charge in [0, 0.05) is 47.5 Å². The van der Waals surface area contributed by atoms with Crippen LogP contribution >= 0.6 is 11.8 Å². The highest BCUT2D eigenvalue weighted by molar-refractivity contribution is 7.99. The zero-order valence-electron chi connectivity index (χ0n) is 18.2. The fourth-order valence-electron chi connectivity index (χ4n) is 3.57. The number of amides is 1. The van der Waals surface area contributed by atoms with Crippen molar-refractivity contribution >= 4 is 17.7 Å². The van der Waals surface area contributed by atoms with Gasteiger partial charge in [-0.05, 0) is 31.2 Å². The number of aromatic nitrogens is 2. The third kappa shape index (κ3) is 5.54. The highest BCUT2D eigenvalue weighted by Gasteiger charge is 2.23. The number of carbonyl (C=O) groups is 1. The Hall–Kier alpha value is -2.64. The summed E-state index contributed by atoms with van der Waals surface area (Å²) in [6.07, 6.45) is 0. The lowest BCUT2D eigenvalue weighted by Crippen LogP contribution is -2.48. The molecule has 31 heavy (non-hydrogen) atoms. The molecule has 0 radical (unpaired) electrons. The quantitative estimate of drug-likeness (QED) is 0.530. The number of nitrogens with zero attached hydrogens (tertiary/aromatic N) is 4. The molecule has 4 rings (SSSR count). The van der Waals surface area contributed by atoms with E-state index < -0.39 is 0 Å². The third-order valence-electron chi connectivity index (χ3n) is 5.27. The molecule has 3 aromatic rings. The Kier molecular flexibility index (Phi) is 6.73. The number of benzene rings is 2. The van der Waals surface area contributed by atoms with Crippen LogP contribution in [0.3, 0.4) is 0 Å². The Labute approximate surface area is 187 Å². The van der Waals surface area contributed by atoms with Crippen molar-refractivity contribution < 1.29 is 9.32 Å². The van der Waals surface area contributed by atoms with Crippen LogP contribution in [0.1, 0.15) is 35.7 Å². The summed E-state index contributed by atoms with van der Waals surface area (Å²) < 4.78 is 5.45. The second-order valence-electron chi connectivity index (χ2n) is 8.14. The van der Waals surface area contributed by atoms with Gasteiger partial charge in [0.05, 0.1) is 6.54 Å². The Balaban J connectivity index is 1.30. The summed E-state index contributed by atoms with van der Waals surface area (Å²) in [5, 5.41) is 4.64. The largest absolute Gasteiger partial charge is 0.338 e. The minimum Gasteiger partial charge on any atom is -0.338 e. The molecule has 1 aliphatic rings. The highest BCUT2D eigenvalue weighted by atomic mass is 32.2. The first-order valence-corrected chi connectivity index (χ1v) is 11.5. The number of thioether (sulfide) groups is 1. The maximum absolute atomic E-state index is 12.8. The first-order chi connectivity index (χ1) is 15.0. The number of hydrogen-bond donors (Lipinski definition) is 0. The second-order valence-corrected chi connectivity index (χ2v) is 9.79. The molecule has 0 atom stereocenters. The molecule has 0 unspecified atom stereocenters. The molecular formula is C24H28N4O2S. The molecule has 1 fully saturated rings. The predicted octanol–water partition coefficient (Wildman–Crippen LogP) is 4.50. The van der Waals surface area contributed by atoms with Crippen molar-refractivity contribution in [2.24, 2.45) is 0 Å². The SMILES string of the molecule is Cc1ccc(-c2noc(CN3CCN(C(=O)c4ccc(SC(C)C)cc4)CC3)n2)cc1. The highest BCUT2D eigenvalue weighted by Crippen LogP contribution is 2.23. The van der Waals surface area contributed by atoms with Gasteiger partial charge < -0.3 is 9.42 Å². The topological polar surface area (TPSA) is 62.5 Å². The molecule has 0 spiro atoms. The van der Waals surface area contributed by atoms with E-state index in [1.165, 1.54) is 10.5 Å². The maximum Gasteiger partial charge on any atom is 0.253 e. The molecule has 7 heteroatoms. The first-order valence-electron chi connectivity index (χ1n) is 10.7. The summed E-state index contributed by atoms with van der Waals surface area (Å²) >= 11 is 1.80. The number of hydrogen-bond acceptors (Lipinski definition) is 6. The summed E-state index contributed by atoms with van der Waals surface area (Å²) in [5.41, 5.74) is 2.90. The minimum atomic E-state index is 0.0974. The van der Waals surface area contributed by atoms with Crippen LogP contribution < -0.4 is 0 Å². The number of carbonyl (C=O) groups excluding carboxylic acids is 1. The second kappa shape index (κ2) is 9.66. The summed E-state index contributed by atoms with van der Waals surface area (Å²) in [6.45, 7) is 9.95. The van der Waals surface area contributed by atoms with Crippen LogP contribution in [0.15, 0.2) is 57.9 Å². The number of aryl methyl sites for hydroxylation is 1. The van der Waals surface area contributed by atoms with Crippen molar-refractivity contribution in [3.8, 4) is 11.4 Å². The van der Waals surface area contributed by atoms with E-state index in [0.29, 0.717) is 36.6 Å². The van der Waals surface area contributed by atoms with Gasteiger partial charge in [-0.25, -0.2) is 0 Å². The maximum atomic E-state index is 12.8. The van der Waals surface area contributed by atoms with E-state index in [9.17, 15) is 4.79 Å². The molecule has 2 aromatic carbocycles. The molecule has 0 aliphatic carbocycles. The monoisotopic (exact) mass is 436 g/mol. The zero-order chi connectivity index (χ0) is 21.8. The van der Waals surface area contributed by atoms with Gasteiger partial charge in [-0.2, -0.15) is 4.98 Å². The van der Waals surface area contributed by atoms with Crippen LogP contribution in [0.25, 0.3) is 11.4 Å². The molecule has 0 bridgehead atoms. The molecule has 1 aromatic heterocycles. The van der Waals surface area contributed by atoms with Gasteiger partial charge in [0.2, 0.25) is 11.7 Å². The van der Waals surface area contributed by atoms with E-state index >= 15 is 0 Å². The van der Waals surface area contributed by atoms with E-state index in [0.717, 1.165) is 24.2 Å². The molecular weight excluding hydrogens is 408 g/mol. The van der Waals surface area contributed by atoms with E-state index in [4.69, 9.17) is 4.52 Å². The average Bonchev–Trinajstić information content (AvgIpc) is 3.23. The molecule has 0 saturated carbocycles. The van der Waals surface area contributed by atoms with Gasteiger partial charge >= 0.3 is 0 Å². The van der Waals surface area contributed by atoms with E-state index in [1.807, 2.05) is 53.4 Å². The lowest BCUT2D eigenvalue weighted by Gasteiger charge is -2.34. The fraction of sp³-hybridized carbons (Fsp3) is 0.375. The van der Waals surface area contributed by atoms with Gasteiger partial charge in [-0.15, -0.1) is 11.8 Å². The average molecular weight is 437 g/mol. The lowest BCUT2D eigenvalue weighted by atomic mass is 10.1. The molecule has 1 aliphatic heterocycles. The molecule has 1 saturated heterocycles. The summed E-state index contributed by atoms with van der Waals surface area (Å²) in [7, 11) is 0. The summed E-state index contributed by atoms with van der Waals surface area (Å²) in [6, 6.07) is 16.0. The first kappa shape index (κ1) is 21.6. The normalized spacial score (nSPS) is 14.9. The van der Waals surface area contributed by atoms with Gasteiger partial charge in [0.1, 0.15) is 0 Å². The summed E-state index contributed by atoms with van der Waals surface area (Å²) in [5.74, 6) is 1.32. The van der Waals surface area contributed by atoms with E-state index in [1.54, 1.807) is 11.8 Å². The van der Waals surface area contributed by atoms with E-state index in [-0.39, 0.29) is 5.91 Å². The van der Waals surface area contributed by atoms with E-state index in [2.05, 4.69) is 35.8 Å². The van der Waals surface area contributed by atoms with Crippen molar-refractivity contribution in [3.63, 3.8) is 0 Å². The van der Waals surface area contributed by atoms with Crippen LogP contribution in [0, 0.1) is 6.92 Å². The molecule has 2 heterocycles. The van der Waals surface area contributed by atoms with Crippen molar-refractivity contribution in [2.45, 2.75) is 37.5 Å². The Bertz CT molecular complexity index is 1010. The Morgan fingerprint density at radius 2 is 1.71 bits per heavy atom. The van der Waals surface area contributed by atoms with Crippen LogP contribution in [-0.4, -0.2) is 57.3 Å². The molecule has 1 amide bonds. The van der Waals surface area contributed by atoms with Crippen molar-refractivity contribution in [1.29, 1.82) is 0 Å². The Morgan fingerprint density at radius 3 is 2.35 bits per heavy atom. The van der Waals surface area contributed by atoms with Gasteiger partial charge in [-0.1, -0.05) is 48.8 Å². The van der Waals surface area contributed by atoms with Crippen molar-refractivity contribution in [3.05, 3.63) is 65.5 Å². The van der Waals surface area contributed by atoms with Gasteiger partial charge in [0.25, 0.3) is 5.91 Å². The van der Waals surface area contributed by atoms with Crippen LogP contribution in [0.2, 0.25) is 0 Å². The number of piperazine rings is 1. The van der Waals surface area contributed by atoms with Crippen LogP contribution in [0.5, 0.6) is 0 Å².